The van der Waals surface area contributed by atoms with Crippen LogP contribution in [0.15, 0.2) is 24.3 Å². The summed E-state index contributed by atoms with van der Waals surface area (Å²) in [6.07, 6.45) is 0. The van der Waals surface area contributed by atoms with Crippen LogP contribution >= 0.6 is 0 Å². The average molecular weight is 279 g/mol. The molecule has 5 nitrogen and oxygen atoms in total. The Balaban J connectivity index is 2.91. The highest BCUT2D eigenvalue weighted by Crippen LogP contribution is 2.26. The monoisotopic (exact) mass is 279 g/mol. The summed E-state index contributed by atoms with van der Waals surface area (Å²) in [6, 6.07) is 6.92. The van der Waals surface area contributed by atoms with Crippen LogP contribution in [0.25, 0.3) is 0 Å². The Kier molecular flexibility index (Phi) is 5.13. The smallest absolute Gasteiger partial charge is 0.312 e. The van der Waals surface area contributed by atoms with Crippen LogP contribution in [0.5, 0.6) is 5.75 Å². The molecule has 1 unspecified atom stereocenters. The van der Waals surface area contributed by atoms with Gasteiger partial charge in [0.25, 0.3) is 0 Å². The fourth-order valence-corrected chi connectivity index (χ4v) is 1.74. The van der Waals surface area contributed by atoms with Crippen LogP contribution in [0.4, 0.5) is 0 Å². The highest BCUT2D eigenvalue weighted by molar-refractivity contribution is 5.83. The largest absolute Gasteiger partial charge is 0.496 e. The summed E-state index contributed by atoms with van der Waals surface area (Å²) >= 11 is 0. The zero-order chi connectivity index (χ0) is 15.3. The van der Waals surface area contributed by atoms with Crippen LogP contribution in [-0.4, -0.2) is 30.6 Å². The van der Waals surface area contributed by atoms with Crippen molar-refractivity contribution in [2.24, 2.45) is 5.41 Å². The zero-order valence-electron chi connectivity index (χ0n) is 12.3. The Morgan fingerprint density at radius 1 is 1.30 bits per heavy atom. The standard InChI is InChI=1S/C15H21NO4/c1-15(2,3)14(19)16-9-11(13(17)18)10-7-5-6-8-12(10)20-4/h5-8,11H,9H2,1-4H3,(H,16,19)(H,17,18). The lowest BCUT2D eigenvalue weighted by atomic mass is 9.94. The van der Waals surface area contributed by atoms with Gasteiger partial charge in [0.05, 0.1) is 7.11 Å². The van der Waals surface area contributed by atoms with Crippen LogP contribution in [0.2, 0.25) is 0 Å². The van der Waals surface area contributed by atoms with E-state index >= 15 is 0 Å². The zero-order valence-corrected chi connectivity index (χ0v) is 12.3. The van der Waals surface area contributed by atoms with Crippen molar-refractivity contribution in [1.29, 1.82) is 0 Å². The first-order chi connectivity index (χ1) is 9.27. The molecule has 1 aromatic rings. The van der Waals surface area contributed by atoms with Crippen LogP contribution < -0.4 is 10.1 Å². The molecule has 0 aliphatic carbocycles. The third-order valence-electron chi connectivity index (χ3n) is 2.96. The molecule has 0 bridgehead atoms. The molecule has 1 rings (SSSR count). The van der Waals surface area contributed by atoms with Crippen molar-refractivity contribution in [3.05, 3.63) is 29.8 Å². The molecule has 0 aliphatic heterocycles. The van der Waals surface area contributed by atoms with Gasteiger partial charge in [-0.3, -0.25) is 9.59 Å². The topological polar surface area (TPSA) is 75.6 Å². The summed E-state index contributed by atoms with van der Waals surface area (Å²) in [6.45, 7) is 5.37. The second-order valence-corrected chi connectivity index (χ2v) is 5.59. The number of methoxy groups -OCH3 is 1. The molecule has 110 valence electrons. The SMILES string of the molecule is COc1ccccc1C(CNC(=O)C(C)(C)C)C(=O)O. The Hall–Kier alpha value is -2.04. The Morgan fingerprint density at radius 2 is 1.90 bits per heavy atom. The Labute approximate surface area is 118 Å². The Morgan fingerprint density at radius 3 is 2.40 bits per heavy atom. The maximum Gasteiger partial charge on any atom is 0.312 e. The third-order valence-corrected chi connectivity index (χ3v) is 2.96. The molecule has 20 heavy (non-hydrogen) atoms. The number of benzene rings is 1. The number of carbonyl (C=O) groups excluding carboxylic acids is 1. The highest BCUT2D eigenvalue weighted by atomic mass is 16.5. The molecule has 0 aromatic heterocycles. The van der Waals surface area contributed by atoms with Crippen LogP contribution in [0, 0.1) is 5.41 Å². The number of carbonyl (C=O) groups is 2. The van der Waals surface area contributed by atoms with Crippen molar-refractivity contribution in [3.63, 3.8) is 0 Å². The number of para-hydroxylation sites is 1. The molecular weight excluding hydrogens is 258 g/mol. The molecular formula is C15H21NO4. The normalized spacial score (nSPS) is 12.6. The average Bonchev–Trinajstić information content (AvgIpc) is 2.37. The molecule has 1 aromatic carbocycles. The number of aliphatic carboxylic acids is 1. The Bertz CT molecular complexity index is 491. The number of hydrogen-bond acceptors (Lipinski definition) is 3. The lowest BCUT2D eigenvalue weighted by molar-refractivity contribution is -0.139. The van der Waals surface area contributed by atoms with Crippen LogP contribution in [0.1, 0.15) is 32.3 Å². The predicted octanol–water partition coefficient (Wildman–Crippen LogP) is 2.03. The minimum absolute atomic E-state index is 0.0335. The lowest BCUT2D eigenvalue weighted by Crippen LogP contribution is -2.38. The van der Waals surface area contributed by atoms with E-state index in [-0.39, 0.29) is 12.5 Å². The number of carboxylic acid groups (broad SMARTS) is 1. The number of hydrogen-bond donors (Lipinski definition) is 2. The first-order valence-electron chi connectivity index (χ1n) is 6.41. The van der Waals surface area contributed by atoms with E-state index in [0.29, 0.717) is 11.3 Å². The van der Waals surface area contributed by atoms with Gasteiger partial charge in [0.2, 0.25) is 5.91 Å². The van der Waals surface area contributed by atoms with Gasteiger partial charge in [-0.15, -0.1) is 0 Å². The number of amides is 1. The van der Waals surface area contributed by atoms with Gasteiger partial charge in [-0.2, -0.15) is 0 Å². The van der Waals surface area contributed by atoms with E-state index in [2.05, 4.69) is 5.32 Å². The summed E-state index contributed by atoms with van der Waals surface area (Å²) in [7, 11) is 1.49. The summed E-state index contributed by atoms with van der Waals surface area (Å²) < 4.78 is 5.17. The van der Waals surface area contributed by atoms with Crippen molar-refractivity contribution in [3.8, 4) is 5.75 Å². The molecule has 5 heteroatoms. The number of nitrogens with one attached hydrogen (secondary N) is 1. The maximum absolute atomic E-state index is 11.8. The van der Waals surface area contributed by atoms with E-state index in [0.717, 1.165) is 0 Å². The maximum atomic E-state index is 11.8. The molecule has 0 fully saturated rings. The van der Waals surface area contributed by atoms with Crippen molar-refractivity contribution >= 4 is 11.9 Å². The molecule has 0 saturated carbocycles. The second kappa shape index (κ2) is 6.41. The van der Waals surface area contributed by atoms with Gasteiger partial charge in [-0.1, -0.05) is 39.0 Å². The summed E-state index contributed by atoms with van der Waals surface area (Å²) in [4.78, 5) is 23.3. The van der Waals surface area contributed by atoms with Gasteiger partial charge >= 0.3 is 5.97 Å². The molecule has 0 aliphatic rings. The summed E-state index contributed by atoms with van der Waals surface area (Å²) in [5.74, 6) is -1.51. The van der Waals surface area contributed by atoms with Gasteiger partial charge in [0, 0.05) is 17.5 Å². The van der Waals surface area contributed by atoms with Crippen molar-refractivity contribution in [2.45, 2.75) is 26.7 Å². The van der Waals surface area contributed by atoms with Crippen LogP contribution in [-0.2, 0) is 9.59 Å². The number of ether oxygens (including phenoxy) is 1. The predicted molar refractivity (Wildman–Crippen MR) is 75.8 cm³/mol. The molecule has 1 atom stereocenters. The highest BCUT2D eigenvalue weighted by Gasteiger charge is 2.27. The fraction of sp³-hybridized carbons (Fsp3) is 0.467. The van der Waals surface area contributed by atoms with Crippen molar-refractivity contribution in [1.82, 2.24) is 5.32 Å². The van der Waals surface area contributed by atoms with E-state index in [1.54, 1.807) is 45.0 Å². The van der Waals surface area contributed by atoms with E-state index in [9.17, 15) is 14.7 Å². The third kappa shape index (κ3) is 3.98. The van der Waals surface area contributed by atoms with E-state index in [1.165, 1.54) is 7.11 Å². The molecule has 1 amide bonds. The molecule has 0 spiro atoms. The number of carboxylic acids is 1. The van der Waals surface area contributed by atoms with Crippen molar-refractivity contribution < 1.29 is 19.4 Å². The van der Waals surface area contributed by atoms with E-state index in [4.69, 9.17) is 4.74 Å². The van der Waals surface area contributed by atoms with Gasteiger partial charge in [0.1, 0.15) is 11.7 Å². The summed E-state index contributed by atoms with van der Waals surface area (Å²) in [5, 5.41) is 12.0. The number of rotatable bonds is 5. The summed E-state index contributed by atoms with van der Waals surface area (Å²) in [5.41, 5.74) is 0.000750. The van der Waals surface area contributed by atoms with Gasteiger partial charge in [0.15, 0.2) is 0 Å². The molecule has 0 radical (unpaired) electrons. The molecule has 0 saturated heterocycles. The van der Waals surface area contributed by atoms with Crippen LogP contribution in [0.3, 0.4) is 0 Å². The van der Waals surface area contributed by atoms with E-state index < -0.39 is 17.3 Å². The quantitative estimate of drug-likeness (QED) is 0.864. The molecule has 0 heterocycles. The van der Waals surface area contributed by atoms with Crippen molar-refractivity contribution in [2.75, 3.05) is 13.7 Å². The van der Waals surface area contributed by atoms with Gasteiger partial charge in [-0.25, -0.2) is 0 Å². The fourth-order valence-electron chi connectivity index (χ4n) is 1.74. The first-order valence-corrected chi connectivity index (χ1v) is 6.41. The van der Waals surface area contributed by atoms with E-state index in [1.807, 2.05) is 0 Å². The van der Waals surface area contributed by atoms with Gasteiger partial charge in [-0.05, 0) is 6.07 Å². The second-order valence-electron chi connectivity index (χ2n) is 5.59. The first kappa shape index (κ1) is 16.0. The molecule has 2 N–H and O–H groups in total. The van der Waals surface area contributed by atoms with Gasteiger partial charge < -0.3 is 15.2 Å². The minimum atomic E-state index is -0.997. The lowest BCUT2D eigenvalue weighted by Gasteiger charge is -2.21. The minimum Gasteiger partial charge on any atom is -0.496 e.